The summed E-state index contributed by atoms with van der Waals surface area (Å²) in [5.74, 6) is 3.76. The monoisotopic (exact) mass is 276 g/mol. The highest BCUT2D eigenvalue weighted by Crippen LogP contribution is 2.66. The van der Waals surface area contributed by atoms with Gasteiger partial charge >= 0.3 is 0 Å². The molecule has 4 saturated carbocycles. The van der Waals surface area contributed by atoms with Crippen LogP contribution in [0.4, 0.5) is 0 Å². The zero-order valence-corrected chi connectivity index (χ0v) is 13.4. The van der Waals surface area contributed by atoms with E-state index in [-0.39, 0.29) is 11.5 Å². The van der Waals surface area contributed by atoms with E-state index < -0.39 is 0 Å². The summed E-state index contributed by atoms with van der Waals surface area (Å²) in [4.78, 5) is 0. The van der Waals surface area contributed by atoms with E-state index in [1.54, 1.807) is 0 Å². The van der Waals surface area contributed by atoms with E-state index in [0.29, 0.717) is 5.41 Å². The van der Waals surface area contributed by atoms with Gasteiger partial charge in [0, 0.05) is 0 Å². The molecule has 0 saturated heterocycles. The van der Waals surface area contributed by atoms with Gasteiger partial charge in [-0.3, -0.25) is 0 Å². The Hall–Kier alpha value is -0.0400. The van der Waals surface area contributed by atoms with Gasteiger partial charge in [-0.25, -0.2) is 0 Å². The Morgan fingerprint density at radius 1 is 0.750 bits per heavy atom. The van der Waals surface area contributed by atoms with Crippen molar-refractivity contribution in [3.05, 3.63) is 0 Å². The van der Waals surface area contributed by atoms with Gasteiger partial charge in [-0.1, -0.05) is 26.7 Å². The number of hydrogen-bond donors (Lipinski definition) is 1. The molecule has 0 spiro atoms. The van der Waals surface area contributed by atoms with Crippen LogP contribution in [-0.2, 0) is 0 Å². The van der Waals surface area contributed by atoms with Gasteiger partial charge in [0.1, 0.15) is 0 Å². The maximum atomic E-state index is 10.5. The van der Waals surface area contributed by atoms with E-state index >= 15 is 0 Å². The van der Waals surface area contributed by atoms with Crippen molar-refractivity contribution in [2.75, 3.05) is 0 Å². The lowest BCUT2D eigenvalue weighted by Gasteiger charge is -2.60. The summed E-state index contributed by atoms with van der Waals surface area (Å²) in [6, 6.07) is 0. The van der Waals surface area contributed by atoms with Crippen molar-refractivity contribution in [3.63, 3.8) is 0 Å². The molecule has 114 valence electrons. The first-order chi connectivity index (χ1) is 9.56. The van der Waals surface area contributed by atoms with Crippen LogP contribution in [0.15, 0.2) is 0 Å². The van der Waals surface area contributed by atoms with Crippen molar-refractivity contribution >= 4 is 0 Å². The Morgan fingerprint density at radius 3 is 2.40 bits per heavy atom. The fourth-order valence-electron chi connectivity index (χ4n) is 7.27. The summed E-state index contributed by atoms with van der Waals surface area (Å²) in [5.41, 5.74) is 0.912. The molecule has 0 aliphatic heterocycles. The lowest BCUT2D eigenvalue weighted by molar-refractivity contribution is -0.120. The first-order valence-electron chi connectivity index (χ1n) is 9.24. The van der Waals surface area contributed by atoms with Crippen molar-refractivity contribution in [3.8, 4) is 0 Å². The number of fused-ring (bicyclic) bond motifs is 5. The second-order valence-corrected chi connectivity index (χ2v) is 9.04. The molecule has 0 amide bonds. The van der Waals surface area contributed by atoms with Crippen molar-refractivity contribution < 1.29 is 5.11 Å². The van der Waals surface area contributed by atoms with Crippen LogP contribution in [0.1, 0.15) is 78.1 Å². The van der Waals surface area contributed by atoms with Gasteiger partial charge in [-0.15, -0.1) is 0 Å². The van der Waals surface area contributed by atoms with Gasteiger partial charge < -0.3 is 5.11 Å². The molecule has 1 heteroatoms. The van der Waals surface area contributed by atoms with Gasteiger partial charge in [0.2, 0.25) is 0 Å². The van der Waals surface area contributed by atoms with E-state index in [0.717, 1.165) is 30.1 Å². The zero-order chi connectivity index (χ0) is 14.0. The van der Waals surface area contributed by atoms with Gasteiger partial charge in [0.25, 0.3) is 0 Å². The Morgan fingerprint density at radius 2 is 1.55 bits per heavy atom. The molecular formula is C19H32O. The summed E-state index contributed by atoms with van der Waals surface area (Å²) in [6.45, 7) is 5.04. The number of aliphatic hydroxyl groups is 1. The van der Waals surface area contributed by atoms with Crippen LogP contribution < -0.4 is 0 Å². The average molecular weight is 276 g/mol. The minimum absolute atomic E-state index is 0.00895. The van der Waals surface area contributed by atoms with Crippen LogP contribution in [-0.4, -0.2) is 11.2 Å². The van der Waals surface area contributed by atoms with E-state index in [4.69, 9.17) is 0 Å². The quantitative estimate of drug-likeness (QED) is 0.675. The largest absolute Gasteiger partial charge is 0.393 e. The molecule has 7 unspecified atom stereocenters. The lowest BCUT2D eigenvalue weighted by atomic mass is 9.45. The standard InChI is InChI=1S/C19H32O/c1-18-11-4-3-5-13(18)6-7-14-15-8-9-17(20)19(15,2)12-10-16(14)18/h13-17,20H,3-12H2,1-2H3. The number of rotatable bonds is 0. The van der Waals surface area contributed by atoms with E-state index in [9.17, 15) is 5.11 Å². The molecule has 4 aliphatic rings. The molecule has 4 aliphatic carbocycles. The summed E-state index contributed by atoms with van der Waals surface area (Å²) < 4.78 is 0. The second-order valence-electron chi connectivity index (χ2n) is 9.04. The average Bonchev–Trinajstić information content (AvgIpc) is 2.74. The van der Waals surface area contributed by atoms with E-state index in [2.05, 4.69) is 13.8 Å². The summed E-state index contributed by atoms with van der Waals surface area (Å²) in [6.07, 6.45) is 14.0. The fraction of sp³-hybridized carbons (Fsp3) is 1.00. The van der Waals surface area contributed by atoms with Crippen LogP contribution in [0.5, 0.6) is 0 Å². The molecule has 20 heavy (non-hydrogen) atoms. The summed E-state index contributed by atoms with van der Waals surface area (Å²) in [7, 11) is 0. The molecular weight excluding hydrogens is 244 g/mol. The molecule has 0 radical (unpaired) electrons. The number of aliphatic hydroxyl groups excluding tert-OH is 1. The highest BCUT2D eigenvalue weighted by molar-refractivity contribution is 5.08. The third-order valence-corrected chi connectivity index (χ3v) is 8.53. The van der Waals surface area contributed by atoms with Gasteiger partial charge in [-0.2, -0.15) is 0 Å². The topological polar surface area (TPSA) is 20.2 Å². The molecule has 0 aromatic heterocycles. The van der Waals surface area contributed by atoms with Crippen LogP contribution in [0.3, 0.4) is 0 Å². The SMILES string of the molecule is CC12CCC3C(CCC4CCCCC43C)C1CCC2O. The molecule has 0 aromatic rings. The molecule has 4 rings (SSSR count). The Kier molecular flexibility index (Phi) is 3.05. The third kappa shape index (κ3) is 1.65. The summed E-state index contributed by atoms with van der Waals surface area (Å²) >= 11 is 0. The lowest BCUT2D eigenvalue weighted by Crippen LogP contribution is -2.53. The van der Waals surface area contributed by atoms with Gasteiger partial charge in [-0.05, 0) is 85.9 Å². The molecule has 1 nitrogen and oxygen atoms in total. The molecule has 7 atom stereocenters. The Labute approximate surface area is 124 Å². The molecule has 1 N–H and O–H groups in total. The van der Waals surface area contributed by atoms with Crippen LogP contribution in [0.2, 0.25) is 0 Å². The number of hydrogen-bond acceptors (Lipinski definition) is 1. The van der Waals surface area contributed by atoms with E-state index in [1.165, 1.54) is 57.8 Å². The van der Waals surface area contributed by atoms with E-state index in [1.807, 2.05) is 0 Å². The maximum Gasteiger partial charge on any atom is 0.0596 e. The highest BCUT2D eigenvalue weighted by Gasteiger charge is 2.59. The molecule has 0 bridgehead atoms. The second kappa shape index (κ2) is 4.48. The van der Waals surface area contributed by atoms with Crippen LogP contribution in [0.25, 0.3) is 0 Å². The predicted octanol–water partition coefficient (Wildman–Crippen LogP) is 4.78. The normalized spacial score (nSPS) is 58.6. The maximum absolute atomic E-state index is 10.5. The highest BCUT2D eigenvalue weighted by atomic mass is 16.3. The van der Waals surface area contributed by atoms with Crippen molar-refractivity contribution in [1.82, 2.24) is 0 Å². The van der Waals surface area contributed by atoms with Crippen molar-refractivity contribution in [2.24, 2.45) is 34.5 Å². The first kappa shape index (κ1) is 13.6. The van der Waals surface area contributed by atoms with Crippen molar-refractivity contribution in [2.45, 2.75) is 84.2 Å². The first-order valence-corrected chi connectivity index (χ1v) is 9.24. The summed E-state index contributed by atoms with van der Waals surface area (Å²) in [5, 5.41) is 10.5. The van der Waals surface area contributed by atoms with Crippen LogP contribution >= 0.6 is 0 Å². The van der Waals surface area contributed by atoms with Crippen molar-refractivity contribution in [1.29, 1.82) is 0 Å². The Bertz CT molecular complexity index is 391. The molecule has 0 heterocycles. The van der Waals surface area contributed by atoms with Gasteiger partial charge in [0.05, 0.1) is 6.10 Å². The van der Waals surface area contributed by atoms with Gasteiger partial charge in [0.15, 0.2) is 0 Å². The predicted molar refractivity (Wildman–Crippen MR) is 82.4 cm³/mol. The van der Waals surface area contributed by atoms with Crippen LogP contribution in [0, 0.1) is 34.5 Å². The molecule has 4 fully saturated rings. The zero-order valence-electron chi connectivity index (χ0n) is 13.4. The third-order valence-electron chi connectivity index (χ3n) is 8.53. The Balaban J connectivity index is 1.64. The smallest absolute Gasteiger partial charge is 0.0596 e. The minimum Gasteiger partial charge on any atom is -0.393 e. The fourth-order valence-corrected chi connectivity index (χ4v) is 7.27. The minimum atomic E-state index is -0.00895. The molecule has 0 aromatic carbocycles.